The number of rotatable bonds is 5. The van der Waals surface area contributed by atoms with E-state index >= 15 is 0 Å². The van der Waals surface area contributed by atoms with Crippen LogP contribution in [-0.2, 0) is 0 Å². The summed E-state index contributed by atoms with van der Waals surface area (Å²) in [7, 11) is 1.92. The number of anilines is 2. The highest BCUT2D eigenvalue weighted by molar-refractivity contribution is 5.52. The van der Waals surface area contributed by atoms with E-state index in [-0.39, 0.29) is 0 Å². The summed E-state index contributed by atoms with van der Waals surface area (Å²) in [5.74, 6) is 2.21. The van der Waals surface area contributed by atoms with Crippen LogP contribution >= 0.6 is 0 Å². The van der Waals surface area contributed by atoms with Gasteiger partial charge in [0, 0.05) is 31.4 Å². The molecule has 0 fully saturated rings. The lowest BCUT2D eigenvalue weighted by Gasteiger charge is -2.22. The van der Waals surface area contributed by atoms with Gasteiger partial charge in [-0.1, -0.05) is 13.8 Å². The van der Waals surface area contributed by atoms with Gasteiger partial charge in [-0.2, -0.15) is 4.98 Å². The van der Waals surface area contributed by atoms with E-state index in [1.165, 1.54) is 5.56 Å². The molecule has 0 aliphatic rings. The second-order valence-electron chi connectivity index (χ2n) is 4.45. The first kappa shape index (κ1) is 13.7. The first-order valence-electron chi connectivity index (χ1n) is 6.36. The standard InChI is InChI=1S/C13H24N4/c1-7-17(8-2)13-15-10(5)11(9(3)4)12(14-6)16-13/h9H,7-8H2,1-6H3,(H,14,15,16). The fourth-order valence-electron chi connectivity index (χ4n) is 2.10. The van der Waals surface area contributed by atoms with Gasteiger partial charge in [0.1, 0.15) is 5.82 Å². The zero-order chi connectivity index (χ0) is 13.0. The molecule has 96 valence electrons. The molecule has 0 bridgehead atoms. The molecule has 4 nitrogen and oxygen atoms in total. The molecule has 1 heterocycles. The Morgan fingerprint density at radius 1 is 1.18 bits per heavy atom. The fraction of sp³-hybridized carbons (Fsp3) is 0.692. The van der Waals surface area contributed by atoms with E-state index in [9.17, 15) is 0 Å². The van der Waals surface area contributed by atoms with Gasteiger partial charge in [0.2, 0.25) is 5.95 Å². The molecule has 0 atom stereocenters. The van der Waals surface area contributed by atoms with Gasteiger partial charge in [0.05, 0.1) is 0 Å². The summed E-state index contributed by atoms with van der Waals surface area (Å²) in [5, 5.41) is 3.18. The SMILES string of the molecule is CCN(CC)c1nc(C)c(C(C)C)c(NC)n1. The minimum absolute atomic E-state index is 0.434. The van der Waals surface area contributed by atoms with Crippen LogP contribution in [0, 0.1) is 6.92 Å². The Balaban J connectivity index is 3.26. The second kappa shape index (κ2) is 5.84. The van der Waals surface area contributed by atoms with Gasteiger partial charge in [-0.25, -0.2) is 4.98 Å². The normalized spacial score (nSPS) is 10.8. The number of nitrogens with zero attached hydrogens (tertiary/aromatic N) is 3. The maximum atomic E-state index is 4.62. The van der Waals surface area contributed by atoms with Crippen molar-refractivity contribution < 1.29 is 0 Å². The van der Waals surface area contributed by atoms with E-state index in [1.54, 1.807) is 0 Å². The molecule has 1 rings (SSSR count). The van der Waals surface area contributed by atoms with Crippen molar-refractivity contribution in [2.45, 2.75) is 40.5 Å². The van der Waals surface area contributed by atoms with Crippen molar-refractivity contribution in [2.24, 2.45) is 0 Å². The van der Waals surface area contributed by atoms with Crippen molar-refractivity contribution in [2.75, 3.05) is 30.4 Å². The summed E-state index contributed by atoms with van der Waals surface area (Å²) in [5.41, 5.74) is 2.28. The third-order valence-electron chi connectivity index (χ3n) is 2.98. The van der Waals surface area contributed by atoms with Gasteiger partial charge in [-0.15, -0.1) is 0 Å². The zero-order valence-corrected chi connectivity index (χ0v) is 11.8. The number of aromatic nitrogens is 2. The average molecular weight is 236 g/mol. The number of hydrogen-bond acceptors (Lipinski definition) is 4. The van der Waals surface area contributed by atoms with Crippen LogP contribution in [0.3, 0.4) is 0 Å². The van der Waals surface area contributed by atoms with Crippen molar-refractivity contribution in [3.05, 3.63) is 11.3 Å². The zero-order valence-electron chi connectivity index (χ0n) is 11.8. The van der Waals surface area contributed by atoms with Crippen LogP contribution in [0.4, 0.5) is 11.8 Å². The van der Waals surface area contributed by atoms with E-state index in [0.717, 1.165) is 30.5 Å². The molecule has 0 saturated carbocycles. The quantitative estimate of drug-likeness (QED) is 0.853. The molecule has 0 aliphatic heterocycles. The minimum Gasteiger partial charge on any atom is -0.373 e. The monoisotopic (exact) mass is 236 g/mol. The molecule has 0 radical (unpaired) electrons. The highest BCUT2D eigenvalue weighted by atomic mass is 15.3. The largest absolute Gasteiger partial charge is 0.373 e. The highest BCUT2D eigenvalue weighted by Gasteiger charge is 2.15. The van der Waals surface area contributed by atoms with Crippen molar-refractivity contribution in [3.63, 3.8) is 0 Å². The molecule has 0 aromatic carbocycles. The lowest BCUT2D eigenvalue weighted by Crippen LogP contribution is -2.25. The molecular formula is C13H24N4. The van der Waals surface area contributed by atoms with Crippen LogP contribution in [0.15, 0.2) is 0 Å². The first-order chi connectivity index (χ1) is 8.04. The Kier molecular flexibility index (Phi) is 4.73. The van der Waals surface area contributed by atoms with E-state index in [4.69, 9.17) is 0 Å². The van der Waals surface area contributed by atoms with Crippen molar-refractivity contribution >= 4 is 11.8 Å². The van der Waals surface area contributed by atoms with Crippen LogP contribution < -0.4 is 10.2 Å². The lowest BCUT2D eigenvalue weighted by molar-refractivity contribution is 0.789. The molecule has 0 amide bonds. The topological polar surface area (TPSA) is 41.1 Å². The molecule has 4 heteroatoms. The van der Waals surface area contributed by atoms with Gasteiger partial charge in [-0.3, -0.25) is 0 Å². The molecular weight excluding hydrogens is 212 g/mol. The minimum atomic E-state index is 0.434. The van der Waals surface area contributed by atoms with Crippen LogP contribution in [0.2, 0.25) is 0 Å². The second-order valence-corrected chi connectivity index (χ2v) is 4.45. The molecule has 1 N–H and O–H groups in total. The van der Waals surface area contributed by atoms with Crippen LogP contribution in [0.25, 0.3) is 0 Å². The molecule has 0 spiro atoms. The Labute approximate surface area is 104 Å². The molecule has 17 heavy (non-hydrogen) atoms. The fourth-order valence-corrected chi connectivity index (χ4v) is 2.10. The van der Waals surface area contributed by atoms with Gasteiger partial charge in [0.15, 0.2) is 0 Å². The summed E-state index contributed by atoms with van der Waals surface area (Å²) in [6.45, 7) is 12.5. The highest BCUT2D eigenvalue weighted by Crippen LogP contribution is 2.26. The van der Waals surface area contributed by atoms with Crippen molar-refractivity contribution in [3.8, 4) is 0 Å². The van der Waals surface area contributed by atoms with Gasteiger partial charge < -0.3 is 10.2 Å². The van der Waals surface area contributed by atoms with Gasteiger partial charge >= 0.3 is 0 Å². The van der Waals surface area contributed by atoms with Crippen LogP contribution in [0.5, 0.6) is 0 Å². The lowest BCUT2D eigenvalue weighted by atomic mass is 10.0. The Bertz CT molecular complexity index is 370. The Hall–Kier alpha value is -1.32. The van der Waals surface area contributed by atoms with E-state index in [2.05, 4.69) is 54.8 Å². The third kappa shape index (κ3) is 2.87. The van der Waals surface area contributed by atoms with Crippen LogP contribution in [-0.4, -0.2) is 30.1 Å². The third-order valence-corrected chi connectivity index (χ3v) is 2.98. The molecule has 1 aromatic heterocycles. The molecule has 0 saturated heterocycles. The number of hydrogen-bond donors (Lipinski definition) is 1. The van der Waals surface area contributed by atoms with Crippen molar-refractivity contribution in [1.29, 1.82) is 0 Å². The van der Waals surface area contributed by atoms with Gasteiger partial charge in [-0.05, 0) is 26.7 Å². The predicted molar refractivity (Wildman–Crippen MR) is 74.0 cm³/mol. The average Bonchev–Trinajstić information content (AvgIpc) is 2.29. The maximum absolute atomic E-state index is 4.62. The first-order valence-corrected chi connectivity index (χ1v) is 6.36. The molecule has 0 aliphatic carbocycles. The summed E-state index contributed by atoms with van der Waals surface area (Å²) < 4.78 is 0. The smallest absolute Gasteiger partial charge is 0.227 e. The van der Waals surface area contributed by atoms with Crippen LogP contribution in [0.1, 0.15) is 44.9 Å². The summed E-state index contributed by atoms with van der Waals surface area (Å²) in [6.07, 6.45) is 0. The molecule has 1 aromatic rings. The van der Waals surface area contributed by atoms with Gasteiger partial charge in [0.25, 0.3) is 0 Å². The van der Waals surface area contributed by atoms with E-state index in [1.807, 2.05) is 7.05 Å². The maximum Gasteiger partial charge on any atom is 0.227 e. The number of aryl methyl sites for hydroxylation is 1. The summed E-state index contributed by atoms with van der Waals surface area (Å²) in [4.78, 5) is 11.4. The van der Waals surface area contributed by atoms with E-state index in [0.29, 0.717) is 5.92 Å². The summed E-state index contributed by atoms with van der Waals surface area (Å²) in [6, 6.07) is 0. The Morgan fingerprint density at radius 3 is 2.18 bits per heavy atom. The van der Waals surface area contributed by atoms with E-state index < -0.39 is 0 Å². The predicted octanol–water partition coefficient (Wildman–Crippen LogP) is 2.80. The molecule has 0 unspecified atom stereocenters. The summed E-state index contributed by atoms with van der Waals surface area (Å²) >= 11 is 0. The van der Waals surface area contributed by atoms with Crippen molar-refractivity contribution in [1.82, 2.24) is 9.97 Å². The Morgan fingerprint density at radius 2 is 1.76 bits per heavy atom. The number of nitrogens with one attached hydrogen (secondary N) is 1.